The molecule has 0 aromatic carbocycles. The Kier molecular flexibility index (Phi) is 3.67. The molecule has 25 heavy (non-hydrogen) atoms. The van der Waals surface area contributed by atoms with Crippen molar-refractivity contribution in [1.82, 2.24) is 0 Å². The Hall–Kier alpha value is -1.29. The third-order valence-electron chi connectivity index (χ3n) is 8.39. The summed E-state index contributed by atoms with van der Waals surface area (Å²) in [7, 11) is 0. The fourth-order valence-corrected chi connectivity index (χ4v) is 7.09. The molecule has 0 bridgehead atoms. The molecule has 4 aliphatic rings. The van der Waals surface area contributed by atoms with E-state index < -0.39 is 11.5 Å². The molecule has 0 amide bonds. The van der Waals surface area contributed by atoms with E-state index in [9.17, 15) is 19.5 Å². The fourth-order valence-electron chi connectivity index (χ4n) is 7.09. The molecule has 0 spiro atoms. The highest BCUT2D eigenvalue weighted by Crippen LogP contribution is 2.66. The van der Waals surface area contributed by atoms with E-state index in [-0.39, 0.29) is 46.9 Å². The number of rotatable bonds is 1. The van der Waals surface area contributed by atoms with Crippen LogP contribution >= 0.6 is 0 Å². The minimum Gasteiger partial charge on any atom is -0.392 e. The summed E-state index contributed by atoms with van der Waals surface area (Å²) in [6.07, 6.45) is 5.14. The summed E-state index contributed by atoms with van der Waals surface area (Å²) in [5.74, 6) is 1.10. The second kappa shape index (κ2) is 5.35. The van der Waals surface area contributed by atoms with E-state index in [0.29, 0.717) is 17.9 Å². The Labute approximate surface area is 149 Å². The molecule has 7 atom stereocenters. The number of fused-ring (bicyclic) bond motifs is 5. The second-order valence-corrected chi connectivity index (χ2v) is 9.32. The molecule has 0 aromatic rings. The van der Waals surface area contributed by atoms with Crippen molar-refractivity contribution >= 4 is 17.3 Å². The molecule has 1 unspecified atom stereocenters. The van der Waals surface area contributed by atoms with Gasteiger partial charge in [0.25, 0.3) is 0 Å². The summed E-state index contributed by atoms with van der Waals surface area (Å²) < 4.78 is 0. The van der Waals surface area contributed by atoms with Crippen molar-refractivity contribution in [3.63, 3.8) is 0 Å². The van der Waals surface area contributed by atoms with Crippen LogP contribution in [-0.4, -0.2) is 28.6 Å². The monoisotopic (exact) mass is 344 g/mol. The van der Waals surface area contributed by atoms with Gasteiger partial charge >= 0.3 is 0 Å². The number of Topliss-reactive ketones (excluding diaryl/α,β-unsaturated/α-hetero) is 2. The van der Waals surface area contributed by atoms with Crippen LogP contribution in [0.25, 0.3) is 0 Å². The highest BCUT2D eigenvalue weighted by molar-refractivity contribution is 6.06. The van der Waals surface area contributed by atoms with Gasteiger partial charge < -0.3 is 5.11 Å². The van der Waals surface area contributed by atoms with Crippen molar-refractivity contribution in [1.29, 1.82) is 0 Å². The first kappa shape index (κ1) is 17.1. The Balaban J connectivity index is 1.75. The minimum atomic E-state index is -0.772. The van der Waals surface area contributed by atoms with Crippen LogP contribution in [0.15, 0.2) is 11.6 Å². The van der Waals surface area contributed by atoms with Crippen molar-refractivity contribution in [3.8, 4) is 0 Å². The predicted molar refractivity (Wildman–Crippen MR) is 92.7 cm³/mol. The average Bonchev–Trinajstić information content (AvgIpc) is 2.88. The van der Waals surface area contributed by atoms with E-state index in [1.165, 1.54) is 6.08 Å². The summed E-state index contributed by atoms with van der Waals surface area (Å²) in [6.45, 7) is 5.94. The lowest BCUT2D eigenvalue weighted by molar-refractivity contribution is -0.143. The maximum atomic E-state index is 12.9. The first-order valence-corrected chi connectivity index (χ1v) is 9.66. The van der Waals surface area contributed by atoms with Crippen molar-refractivity contribution in [2.45, 2.75) is 65.4 Å². The second-order valence-electron chi connectivity index (χ2n) is 9.32. The number of aliphatic hydroxyl groups excluding tert-OH is 1. The van der Waals surface area contributed by atoms with Crippen molar-refractivity contribution < 1.29 is 19.5 Å². The molecular weight excluding hydrogens is 316 g/mol. The molecule has 4 aliphatic carbocycles. The maximum Gasteiger partial charge on any atom is 0.159 e. The third kappa shape index (κ3) is 2.12. The Morgan fingerprint density at radius 2 is 1.84 bits per heavy atom. The van der Waals surface area contributed by atoms with Gasteiger partial charge in [0.1, 0.15) is 5.78 Å². The number of ketones is 3. The standard InChI is InChI=1S/C21H28O4/c1-11(22)14-4-5-15-13-10-18(24)17-8-12(23)9-19(25)21(17,3)16(13)6-7-20(14,15)2/h8,13-16,19,25H,4-7,9-10H2,1-3H3/t13-,14+,15-,16-,19?,20+,21+/m0/s1. The molecule has 0 aliphatic heterocycles. The van der Waals surface area contributed by atoms with Crippen LogP contribution < -0.4 is 0 Å². The van der Waals surface area contributed by atoms with Crippen LogP contribution in [0.1, 0.15) is 59.3 Å². The number of carbonyl (C=O) groups is 3. The highest BCUT2D eigenvalue weighted by Gasteiger charge is 2.63. The zero-order valence-electron chi connectivity index (χ0n) is 15.4. The first-order chi connectivity index (χ1) is 11.7. The molecule has 136 valence electrons. The van der Waals surface area contributed by atoms with Crippen LogP contribution in [0, 0.1) is 34.5 Å². The smallest absolute Gasteiger partial charge is 0.159 e. The molecule has 3 fully saturated rings. The van der Waals surface area contributed by atoms with Gasteiger partial charge in [-0.25, -0.2) is 0 Å². The maximum absolute atomic E-state index is 12.9. The molecule has 4 nitrogen and oxygen atoms in total. The van der Waals surface area contributed by atoms with Gasteiger partial charge in [0, 0.05) is 29.7 Å². The van der Waals surface area contributed by atoms with Gasteiger partial charge in [0.15, 0.2) is 11.6 Å². The fraction of sp³-hybridized carbons (Fsp3) is 0.762. The van der Waals surface area contributed by atoms with Gasteiger partial charge in [-0.05, 0) is 61.9 Å². The van der Waals surface area contributed by atoms with Gasteiger partial charge in [-0.2, -0.15) is 0 Å². The molecule has 0 heterocycles. The SMILES string of the molecule is CC(=O)[C@H]1CC[C@H]2[C@@H]3CC(=O)C4=CC(=O)CC(O)[C@]4(C)[C@H]3CC[C@]12C. The van der Waals surface area contributed by atoms with Crippen LogP contribution in [-0.2, 0) is 14.4 Å². The number of carbonyl (C=O) groups excluding carboxylic acids is 3. The summed E-state index contributed by atoms with van der Waals surface area (Å²) >= 11 is 0. The Morgan fingerprint density at radius 1 is 1.12 bits per heavy atom. The molecule has 4 heteroatoms. The van der Waals surface area contributed by atoms with E-state index in [4.69, 9.17) is 0 Å². The molecule has 1 N–H and O–H groups in total. The lowest BCUT2D eigenvalue weighted by Crippen LogP contribution is -2.57. The molecule has 0 radical (unpaired) electrons. The molecular formula is C21H28O4. The molecule has 0 aromatic heterocycles. The Bertz CT molecular complexity index is 692. The predicted octanol–water partition coefficient (Wildman–Crippen LogP) is 2.87. The summed E-state index contributed by atoms with van der Waals surface area (Å²) in [6, 6.07) is 0. The van der Waals surface area contributed by atoms with Crippen molar-refractivity contribution in [2.75, 3.05) is 0 Å². The Morgan fingerprint density at radius 3 is 2.52 bits per heavy atom. The topological polar surface area (TPSA) is 71.4 Å². The van der Waals surface area contributed by atoms with Gasteiger partial charge in [0.2, 0.25) is 0 Å². The van der Waals surface area contributed by atoms with E-state index >= 15 is 0 Å². The number of aliphatic hydroxyl groups is 1. The first-order valence-electron chi connectivity index (χ1n) is 9.66. The van der Waals surface area contributed by atoms with Gasteiger partial charge in [0.05, 0.1) is 6.10 Å². The van der Waals surface area contributed by atoms with Gasteiger partial charge in [-0.15, -0.1) is 0 Å². The zero-order chi connectivity index (χ0) is 18.1. The lowest BCUT2D eigenvalue weighted by atomic mass is 9.46. The summed E-state index contributed by atoms with van der Waals surface area (Å²) in [5.41, 5.74) is -0.0636. The van der Waals surface area contributed by atoms with Crippen LogP contribution in [0.5, 0.6) is 0 Å². The minimum absolute atomic E-state index is 0.0136. The highest BCUT2D eigenvalue weighted by atomic mass is 16.3. The molecule has 3 saturated carbocycles. The van der Waals surface area contributed by atoms with Gasteiger partial charge in [-0.1, -0.05) is 13.8 Å². The normalized spacial score (nSPS) is 49.1. The van der Waals surface area contributed by atoms with E-state index in [1.54, 1.807) is 6.92 Å². The third-order valence-corrected chi connectivity index (χ3v) is 8.39. The van der Waals surface area contributed by atoms with Gasteiger partial charge in [-0.3, -0.25) is 14.4 Å². The van der Waals surface area contributed by atoms with Crippen molar-refractivity contribution in [2.24, 2.45) is 34.5 Å². The van der Waals surface area contributed by atoms with Crippen LogP contribution in [0.2, 0.25) is 0 Å². The molecule has 0 saturated heterocycles. The van der Waals surface area contributed by atoms with Crippen LogP contribution in [0.4, 0.5) is 0 Å². The zero-order valence-corrected chi connectivity index (χ0v) is 15.4. The summed E-state index contributed by atoms with van der Waals surface area (Å²) in [5, 5.41) is 10.8. The number of hydrogen-bond donors (Lipinski definition) is 1. The van der Waals surface area contributed by atoms with Crippen LogP contribution in [0.3, 0.4) is 0 Å². The molecule has 4 rings (SSSR count). The van der Waals surface area contributed by atoms with Crippen molar-refractivity contribution in [3.05, 3.63) is 11.6 Å². The quantitative estimate of drug-likeness (QED) is 0.794. The van der Waals surface area contributed by atoms with E-state index in [2.05, 4.69) is 6.92 Å². The summed E-state index contributed by atoms with van der Waals surface area (Å²) in [4.78, 5) is 36.9. The lowest BCUT2D eigenvalue weighted by Gasteiger charge is -2.58. The van der Waals surface area contributed by atoms with E-state index in [0.717, 1.165) is 25.7 Å². The van der Waals surface area contributed by atoms with E-state index in [1.807, 2.05) is 6.92 Å². The number of hydrogen-bond acceptors (Lipinski definition) is 4. The average molecular weight is 344 g/mol. The largest absolute Gasteiger partial charge is 0.392 e.